The van der Waals surface area contributed by atoms with Crippen LogP contribution >= 0.6 is 0 Å². The lowest BCUT2D eigenvalue weighted by atomic mass is 10.0. The number of hydrogen-bond acceptors (Lipinski definition) is 2. The molecule has 0 aromatic heterocycles. The van der Waals surface area contributed by atoms with Gasteiger partial charge in [-0.2, -0.15) is 0 Å². The van der Waals surface area contributed by atoms with Crippen LogP contribution in [0.25, 0.3) is 10.8 Å². The van der Waals surface area contributed by atoms with E-state index in [9.17, 15) is 9.59 Å². The van der Waals surface area contributed by atoms with Crippen molar-refractivity contribution in [3.8, 4) is 0 Å². The van der Waals surface area contributed by atoms with Gasteiger partial charge in [-0.05, 0) is 41.0 Å². The van der Waals surface area contributed by atoms with Crippen LogP contribution < -0.4 is 10.6 Å². The normalized spacial score (nSPS) is 10.5. The number of carbonyl (C=O) groups is 2. The van der Waals surface area contributed by atoms with Gasteiger partial charge < -0.3 is 10.6 Å². The summed E-state index contributed by atoms with van der Waals surface area (Å²) in [7, 11) is 0. The molecule has 0 aliphatic rings. The first-order valence-corrected chi connectivity index (χ1v) is 8.82. The second-order valence-corrected chi connectivity index (χ2v) is 6.20. The Morgan fingerprint density at radius 1 is 0.923 bits per heavy atom. The highest BCUT2D eigenvalue weighted by atomic mass is 16.2. The molecule has 0 saturated heterocycles. The van der Waals surface area contributed by atoms with E-state index >= 15 is 0 Å². The Kier molecular flexibility index (Phi) is 5.64. The van der Waals surface area contributed by atoms with E-state index in [0.29, 0.717) is 17.8 Å². The Balaban J connectivity index is 1.71. The van der Waals surface area contributed by atoms with E-state index in [0.717, 1.165) is 22.8 Å². The van der Waals surface area contributed by atoms with Crippen molar-refractivity contribution in [3.63, 3.8) is 0 Å². The third kappa shape index (κ3) is 4.28. The maximum atomic E-state index is 12.5. The molecule has 4 heteroatoms. The lowest BCUT2D eigenvalue weighted by molar-refractivity contribution is -0.115. The molecule has 0 heterocycles. The first kappa shape index (κ1) is 17.7. The van der Waals surface area contributed by atoms with E-state index in [4.69, 9.17) is 0 Å². The first-order valence-electron chi connectivity index (χ1n) is 8.82. The molecule has 0 aliphatic heterocycles. The van der Waals surface area contributed by atoms with Crippen molar-refractivity contribution in [2.24, 2.45) is 0 Å². The van der Waals surface area contributed by atoms with Crippen LogP contribution in [0.4, 0.5) is 5.69 Å². The van der Waals surface area contributed by atoms with E-state index in [1.807, 2.05) is 49.4 Å². The quantitative estimate of drug-likeness (QED) is 0.704. The van der Waals surface area contributed by atoms with E-state index in [2.05, 4.69) is 10.6 Å². The van der Waals surface area contributed by atoms with Crippen LogP contribution in [0, 0.1) is 0 Å². The largest absolute Gasteiger partial charge is 0.352 e. The zero-order valence-electron chi connectivity index (χ0n) is 14.8. The maximum absolute atomic E-state index is 12.5. The zero-order chi connectivity index (χ0) is 18.4. The molecule has 4 nitrogen and oxygen atoms in total. The molecule has 0 saturated carbocycles. The summed E-state index contributed by atoms with van der Waals surface area (Å²) < 4.78 is 0. The summed E-state index contributed by atoms with van der Waals surface area (Å²) in [5.41, 5.74) is 2.15. The van der Waals surface area contributed by atoms with Gasteiger partial charge in [-0.15, -0.1) is 0 Å². The Labute approximate surface area is 153 Å². The van der Waals surface area contributed by atoms with E-state index < -0.39 is 0 Å². The molecule has 0 unspecified atom stereocenters. The van der Waals surface area contributed by atoms with Crippen LogP contribution in [0.15, 0.2) is 66.7 Å². The predicted octanol–water partition coefficient (Wildman–Crippen LogP) is 4.16. The van der Waals surface area contributed by atoms with Crippen molar-refractivity contribution >= 4 is 28.3 Å². The fourth-order valence-electron chi connectivity index (χ4n) is 2.90. The number of amides is 2. The van der Waals surface area contributed by atoms with Crippen LogP contribution in [0.2, 0.25) is 0 Å². The Morgan fingerprint density at radius 2 is 1.69 bits per heavy atom. The van der Waals surface area contributed by atoms with E-state index in [-0.39, 0.29) is 18.2 Å². The summed E-state index contributed by atoms with van der Waals surface area (Å²) >= 11 is 0. The topological polar surface area (TPSA) is 58.2 Å². The van der Waals surface area contributed by atoms with Gasteiger partial charge in [0, 0.05) is 17.8 Å². The van der Waals surface area contributed by atoms with Crippen LogP contribution in [0.3, 0.4) is 0 Å². The van der Waals surface area contributed by atoms with Gasteiger partial charge in [0.1, 0.15) is 0 Å². The molecule has 0 radical (unpaired) electrons. The van der Waals surface area contributed by atoms with Gasteiger partial charge in [0.15, 0.2) is 0 Å². The van der Waals surface area contributed by atoms with Crippen LogP contribution in [0.1, 0.15) is 29.3 Å². The van der Waals surface area contributed by atoms with Gasteiger partial charge in [-0.25, -0.2) is 0 Å². The Hall–Kier alpha value is -3.14. The summed E-state index contributed by atoms with van der Waals surface area (Å²) in [6.07, 6.45) is 1.17. The second-order valence-electron chi connectivity index (χ2n) is 6.20. The van der Waals surface area contributed by atoms with Crippen molar-refractivity contribution in [1.29, 1.82) is 0 Å². The molecule has 132 valence electrons. The number of carbonyl (C=O) groups excluding carboxylic acids is 2. The Morgan fingerprint density at radius 3 is 2.54 bits per heavy atom. The summed E-state index contributed by atoms with van der Waals surface area (Å²) in [5.74, 6) is -0.232. The van der Waals surface area contributed by atoms with Gasteiger partial charge in [-0.1, -0.05) is 55.5 Å². The molecule has 3 aromatic carbocycles. The Bertz CT molecular complexity index is 929. The SMILES string of the molecule is CCCNC(=O)c1cccc(NC(=O)Cc2cccc3ccccc23)c1. The fraction of sp³-hybridized carbons (Fsp3) is 0.182. The minimum Gasteiger partial charge on any atom is -0.352 e. The molecule has 0 atom stereocenters. The lowest BCUT2D eigenvalue weighted by Crippen LogP contribution is -2.24. The highest BCUT2D eigenvalue weighted by Gasteiger charge is 2.09. The van der Waals surface area contributed by atoms with Gasteiger partial charge in [0.2, 0.25) is 5.91 Å². The summed E-state index contributed by atoms with van der Waals surface area (Å²) in [5, 5.41) is 7.92. The van der Waals surface area contributed by atoms with E-state index in [1.165, 1.54) is 0 Å². The van der Waals surface area contributed by atoms with Crippen molar-refractivity contribution in [3.05, 3.63) is 77.9 Å². The fourth-order valence-corrected chi connectivity index (χ4v) is 2.90. The predicted molar refractivity (Wildman–Crippen MR) is 105 cm³/mol. The van der Waals surface area contributed by atoms with Crippen molar-refractivity contribution in [2.75, 3.05) is 11.9 Å². The summed E-state index contributed by atoms with van der Waals surface area (Å²) in [6, 6.07) is 21.0. The number of anilines is 1. The molecule has 3 rings (SSSR count). The van der Waals surface area contributed by atoms with Crippen LogP contribution in [0.5, 0.6) is 0 Å². The number of benzene rings is 3. The average molecular weight is 346 g/mol. The van der Waals surface area contributed by atoms with Crippen molar-refractivity contribution in [2.45, 2.75) is 19.8 Å². The standard InChI is InChI=1S/C22H22N2O2/c1-2-13-23-22(26)18-10-6-11-19(14-18)24-21(25)15-17-9-5-8-16-7-3-4-12-20(16)17/h3-12,14H,2,13,15H2,1H3,(H,23,26)(H,24,25). The van der Waals surface area contributed by atoms with Crippen molar-refractivity contribution < 1.29 is 9.59 Å². The molecule has 0 aliphatic carbocycles. The van der Waals surface area contributed by atoms with Gasteiger partial charge in [0.05, 0.1) is 6.42 Å². The summed E-state index contributed by atoms with van der Waals surface area (Å²) in [4.78, 5) is 24.5. The zero-order valence-corrected chi connectivity index (χ0v) is 14.8. The molecule has 0 bridgehead atoms. The number of rotatable bonds is 6. The smallest absolute Gasteiger partial charge is 0.251 e. The highest BCUT2D eigenvalue weighted by Crippen LogP contribution is 2.19. The molecule has 2 amide bonds. The van der Waals surface area contributed by atoms with Gasteiger partial charge in [-0.3, -0.25) is 9.59 Å². The van der Waals surface area contributed by atoms with Gasteiger partial charge >= 0.3 is 0 Å². The molecule has 26 heavy (non-hydrogen) atoms. The number of fused-ring (bicyclic) bond motifs is 1. The van der Waals surface area contributed by atoms with Crippen LogP contribution in [-0.2, 0) is 11.2 Å². The molecule has 0 spiro atoms. The molecule has 3 aromatic rings. The molecular weight excluding hydrogens is 324 g/mol. The summed E-state index contributed by atoms with van der Waals surface area (Å²) in [6.45, 7) is 2.64. The van der Waals surface area contributed by atoms with Crippen LogP contribution in [-0.4, -0.2) is 18.4 Å². The lowest BCUT2D eigenvalue weighted by Gasteiger charge is -2.09. The maximum Gasteiger partial charge on any atom is 0.251 e. The van der Waals surface area contributed by atoms with E-state index in [1.54, 1.807) is 24.3 Å². The van der Waals surface area contributed by atoms with Gasteiger partial charge in [0.25, 0.3) is 5.91 Å². The number of nitrogens with one attached hydrogen (secondary N) is 2. The highest BCUT2D eigenvalue weighted by molar-refractivity contribution is 5.98. The first-order chi connectivity index (χ1) is 12.7. The van der Waals surface area contributed by atoms with Crippen molar-refractivity contribution in [1.82, 2.24) is 5.32 Å². The third-order valence-corrected chi connectivity index (χ3v) is 4.18. The monoisotopic (exact) mass is 346 g/mol. The minimum atomic E-state index is -0.128. The third-order valence-electron chi connectivity index (χ3n) is 4.18. The second kappa shape index (κ2) is 8.30. The molecule has 0 fully saturated rings. The molecular formula is C22H22N2O2. The molecule has 2 N–H and O–H groups in total. The number of hydrogen-bond donors (Lipinski definition) is 2. The minimum absolute atomic E-state index is 0.104. The average Bonchev–Trinajstić information content (AvgIpc) is 2.66.